The maximum absolute atomic E-state index is 12.1. The summed E-state index contributed by atoms with van der Waals surface area (Å²) in [5, 5.41) is 0. The van der Waals surface area contributed by atoms with Crippen LogP contribution in [0.5, 0.6) is 11.5 Å². The Hall–Kier alpha value is -2.50. The number of methoxy groups -OCH3 is 2. The van der Waals surface area contributed by atoms with Gasteiger partial charge in [-0.15, -0.1) is 0 Å². The number of rotatable bonds is 9. The van der Waals surface area contributed by atoms with E-state index in [0.29, 0.717) is 22.6 Å². The molecule has 6 nitrogen and oxygen atoms in total. The topological polar surface area (TPSA) is 71.1 Å². The molecule has 0 fully saturated rings. The summed E-state index contributed by atoms with van der Waals surface area (Å²) >= 11 is 0. The summed E-state index contributed by atoms with van der Waals surface area (Å²) in [5.41, 5.74) is 1.14. The number of hydrogen-bond acceptors (Lipinski definition) is 6. The van der Waals surface area contributed by atoms with Gasteiger partial charge in [0.2, 0.25) is 0 Å². The molecular weight excluding hydrogens is 312 g/mol. The normalized spacial score (nSPS) is 10.2. The van der Waals surface area contributed by atoms with Crippen molar-refractivity contribution in [3.63, 3.8) is 0 Å². The summed E-state index contributed by atoms with van der Waals surface area (Å²) in [4.78, 5) is 24.2. The van der Waals surface area contributed by atoms with E-state index < -0.39 is 17.9 Å². The minimum atomic E-state index is -1.08. The molecule has 132 valence electrons. The lowest BCUT2D eigenvalue weighted by atomic mass is 9.94. The number of benzene rings is 1. The molecule has 0 radical (unpaired) electrons. The van der Waals surface area contributed by atoms with Crippen molar-refractivity contribution >= 4 is 17.5 Å². The lowest BCUT2D eigenvalue weighted by Gasteiger charge is -2.19. The van der Waals surface area contributed by atoms with E-state index >= 15 is 0 Å². The van der Waals surface area contributed by atoms with Gasteiger partial charge in [0.25, 0.3) is 0 Å². The average Bonchev–Trinajstić information content (AvgIpc) is 2.58. The van der Waals surface area contributed by atoms with Crippen LogP contribution >= 0.6 is 0 Å². The fraction of sp³-hybridized carbons (Fsp3) is 0.444. The highest BCUT2D eigenvalue weighted by molar-refractivity contribution is 5.97. The molecule has 0 spiro atoms. The Kier molecular flexibility index (Phi) is 7.82. The lowest BCUT2D eigenvalue weighted by Crippen LogP contribution is -2.28. The summed E-state index contributed by atoms with van der Waals surface area (Å²) in [5.74, 6) is -1.25. The van der Waals surface area contributed by atoms with Gasteiger partial charge < -0.3 is 18.9 Å². The van der Waals surface area contributed by atoms with Gasteiger partial charge in [0.1, 0.15) is 11.5 Å². The number of carbonyl (C=O) groups excluding carboxylic acids is 2. The Morgan fingerprint density at radius 3 is 1.83 bits per heavy atom. The molecule has 0 aliphatic heterocycles. The second kappa shape index (κ2) is 9.60. The summed E-state index contributed by atoms with van der Waals surface area (Å²) in [6.45, 7) is 7.71. The summed E-state index contributed by atoms with van der Waals surface area (Å²) < 4.78 is 20.6. The summed E-state index contributed by atoms with van der Waals surface area (Å²) in [7, 11) is 3.06. The lowest BCUT2D eigenvalue weighted by molar-refractivity contribution is -0.161. The van der Waals surface area contributed by atoms with Crippen molar-refractivity contribution < 1.29 is 28.5 Å². The first-order chi connectivity index (χ1) is 11.5. The number of hydrogen-bond donors (Lipinski definition) is 0. The van der Waals surface area contributed by atoms with Gasteiger partial charge in [0.15, 0.2) is 5.92 Å². The molecule has 0 unspecified atom stereocenters. The van der Waals surface area contributed by atoms with E-state index in [9.17, 15) is 9.59 Å². The van der Waals surface area contributed by atoms with E-state index in [4.69, 9.17) is 18.9 Å². The minimum Gasteiger partial charge on any atom is -0.496 e. The maximum atomic E-state index is 12.1. The smallest absolute Gasteiger partial charge is 0.320 e. The fourth-order valence-electron chi connectivity index (χ4n) is 2.30. The highest BCUT2D eigenvalue weighted by Gasteiger charge is 2.31. The molecule has 1 aromatic carbocycles. The molecule has 6 heteroatoms. The molecule has 0 aromatic heterocycles. The van der Waals surface area contributed by atoms with Crippen LogP contribution in [-0.4, -0.2) is 39.4 Å². The van der Waals surface area contributed by atoms with Crippen molar-refractivity contribution in [2.45, 2.75) is 20.3 Å². The predicted molar refractivity (Wildman–Crippen MR) is 90.0 cm³/mol. The van der Waals surface area contributed by atoms with Gasteiger partial charge in [-0.2, -0.15) is 0 Å². The Labute approximate surface area is 142 Å². The van der Waals surface area contributed by atoms with Crippen molar-refractivity contribution in [2.24, 2.45) is 5.92 Å². The number of esters is 2. The van der Waals surface area contributed by atoms with Crippen LogP contribution < -0.4 is 9.47 Å². The van der Waals surface area contributed by atoms with Crippen LogP contribution in [0.15, 0.2) is 24.8 Å². The van der Waals surface area contributed by atoms with E-state index in [2.05, 4.69) is 6.58 Å². The van der Waals surface area contributed by atoms with E-state index in [1.165, 1.54) is 14.2 Å². The molecule has 24 heavy (non-hydrogen) atoms. The fourth-order valence-corrected chi connectivity index (χ4v) is 2.30. The number of carbonyl (C=O) groups is 2. The van der Waals surface area contributed by atoms with Gasteiger partial charge >= 0.3 is 11.9 Å². The van der Waals surface area contributed by atoms with Crippen LogP contribution in [0.1, 0.15) is 25.8 Å². The van der Waals surface area contributed by atoms with Crippen molar-refractivity contribution in [1.29, 1.82) is 0 Å². The highest BCUT2D eigenvalue weighted by atomic mass is 16.6. The Balaban J connectivity index is 3.12. The standard InChI is InChI=1S/C18H24O6/c1-6-23-17(19)13(18(20)24-7-2)11-12(3)16-14(21-4)9-8-10-15(16)22-5/h8-10,13H,3,6-7,11H2,1-2,4-5H3. The zero-order chi connectivity index (χ0) is 18.1. The molecule has 0 aliphatic rings. The largest absolute Gasteiger partial charge is 0.496 e. The van der Waals surface area contributed by atoms with Gasteiger partial charge in [-0.3, -0.25) is 9.59 Å². The SMILES string of the molecule is C=C(CC(C(=O)OCC)C(=O)OCC)c1c(OC)cccc1OC. The molecule has 0 heterocycles. The van der Waals surface area contributed by atoms with Crippen LogP contribution in [0.3, 0.4) is 0 Å². The zero-order valence-corrected chi connectivity index (χ0v) is 14.6. The van der Waals surface area contributed by atoms with Crippen molar-refractivity contribution in [1.82, 2.24) is 0 Å². The minimum absolute atomic E-state index is 0.0500. The monoisotopic (exact) mass is 336 g/mol. The van der Waals surface area contributed by atoms with Crippen molar-refractivity contribution in [3.8, 4) is 11.5 Å². The molecule has 0 aliphatic carbocycles. The molecule has 0 saturated carbocycles. The maximum Gasteiger partial charge on any atom is 0.320 e. The van der Waals surface area contributed by atoms with Gasteiger partial charge in [-0.05, 0) is 38.0 Å². The Morgan fingerprint density at radius 2 is 1.46 bits per heavy atom. The van der Waals surface area contributed by atoms with Crippen LogP contribution in [0, 0.1) is 5.92 Å². The van der Waals surface area contributed by atoms with Gasteiger partial charge in [0.05, 0.1) is 33.0 Å². The van der Waals surface area contributed by atoms with Gasteiger partial charge in [0, 0.05) is 0 Å². The Morgan fingerprint density at radius 1 is 1.00 bits per heavy atom. The molecule has 0 amide bonds. The molecule has 0 N–H and O–H groups in total. The van der Waals surface area contributed by atoms with Crippen molar-refractivity contribution in [3.05, 3.63) is 30.3 Å². The van der Waals surface area contributed by atoms with Crippen LogP contribution in [0.4, 0.5) is 0 Å². The summed E-state index contributed by atoms with van der Waals surface area (Å²) in [6.07, 6.45) is 0.0500. The molecule has 0 bridgehead atoms. The van der Waals surface area contributed by atoms with Crippen LogP contribution in [0.25, 0.3) is 5.57 Å². The van der Waals surface area contributed by atoms with Crippen LogP contribution in [0.2, 0.25) is 0 Å². The van der Waals surface area contributed by atoms with E-state index in [-0.39, 0.29) is 19.6 Å². The molecular formula is C18H24O6. The average molecular weight is 336 g/mol. The van der Waals surface area contributed by atoms with Gasteiger partial charge in [-0.1, -0.05) is 12.6 Å². The summed E-state index contributed by atoms with van der Waals surface area (Å²) in [6, 6.07) is 5.29. The van der Waals surface area contributed by atoms with E-state index in [1.807, 2.05) is 0 Å². The predicted octanol–water partition coefficient (Wildman–Crippen LogP) is 2.85. The number of ether oxygens (including phenoxy) is 4. The first kappa shape index (κ1) is 19.5. The third-order valence-corrected chi connectivity index (χ3v) is 3.37. The second-order valence-corrected chi connectivity index (χ2v) is 4.90. The van der Waals surface area contributed by atoms with Gasteiger partial charge in [-0.25, -0.2) is 0 Å². The van der Waals surface area contributed by atoms with Crippen molar-refractivity contribution in [2.75, 3.05) is 27.4 Å². The zero-order valence-electron chi connectivity index (χ0n) is 14.6. The highest BCUT2D eigenvalue weighted by Crippen LogP contribution is 2.37. The molecule has 0 saturated heterocycles. The van der Waals surface area contributed by atoms with Crippen LogP contribution in [-0.2, 0) is 19.1 Å². The molecule has 0 atom stereocenters. The van der Waals surface area contributed by atoms with E-state index in [0.717, 1.165) is 0 Å². The van der Waals surface area contributed by atoms with E-state index in [1.54, 1.807) is 32.0 Å². The first-order valence-corrected chi connectivity index (χ1v) is 7.72. The third-order valence-electron chi connectivity index (χ3n) is 3.37. The second-order valence-electron chi connectivity index (χ2n) is 4.90. The number of allylic oxidation sites excluding steroid dienone is 1. The molecule has 1 rings (SSSR count). The first-order valence-electron chi connectivity index (χ1n) is 7.72. The quantitative estimate of drug-likeness (QED) is 0.510. The molecule has 1 aromatic rings. The Bertz CT molecular complexity index is 553. The third kappa shape index (κ3) is 4.75.